The van der Waals surface area contributed by atoms with Gasteiger partial charge in [-0.1, -0.05) is 119 Å². The second-order valence-electron chi connectivity index (χ2n) is 15.8. The molecule has 0 saturated heterocycles. The van der Waals surface area contributed by atoms with Crippen molar-refractivity contribution in [3.05, 3.63) is 82.9 Å². The van der Waals surface area contributed by atoms with Crippen molar-refractivity contribution < 1.29 is 9.05 Å². The van der Waals surface area contributed by atoms with Crippen molar-refractivity contribution in [1.82, 2.24) is 0 Å². The Hall–Kier alpha value is -2.14. The monoisotopic (exact) mass is 602 g/mol. The normalized spacial score (nSPS) is 13.7. The molecule has 4 heteroatoms. The maximum absolute atomic E-state index is 6.47. The van der Waals surface area contributed by atoms with E-state index in [-0.39, 0.29) is 21.7 Å². The van der Waals surface area contributed by atoms with Gasteiger partial charge in [-0.3, -0.25) is 0 Å². The van der Waals surface area contributed by atoms with E-state index in [0.717, 1.165) is 23.8 Å². The molecule has 2 atom stereocenters. The molecule has 2 unspecified atom stereocenters. The van der Waals surface area contributed by atoms with Gasteiger partial charge in [0, 0.05) is 23.5 Å². The summed E-state index contributed by atoms with van der Waals surface area (Å²) in [4.78, 5) is 0. The Bertz CT molecular complexity index is 1440. The third-order valence-electron chi connectivity index (χ3n) is 7.92. The molecule has 0 amide bonds. The minimum atomic E-state index is 0.00366. The van der Waals surface area contributed by atoms with Gasteiger partial charge in [0.05, 0.1) is 17.6 Å². The highest BCUT2D eigenvalue weighted by atomic mass is 31.1. The van der Waals surface area contributed by atoms with Crippen molar-refractivity contribution >= 4 is 39.2 Å². The fraction of sp³-hybridized carbons (Fsp3) is 0.474. The highest BCUT2D eigenvalue weighted by Crippen LogP contribution is 2.41. The zero-order valence-corrected chi connectivity index (χ0v) is 30.0. The molecule has 4 aromatic rings. The molecule has 0 N–H and O–H groups in total. The van der Waals surface area contributed by atoms with Crippen molar-refractivity contribution in [2.75, 3.05) is 12.3 Å². The van der Waals surface area contributed by atoms with Crippen LogP contribution in [-0.2, 0) is 21.7 Å². The van der Waals surface area contributed by atoms with Crippen LogP contribution in [0.15, 0.2) is 60.7 Å². The molecule has 226 valence electrons. The molecule has 0 radical (unpaired) electrons. The van der Waals surface area contributed by atoms with Gasteiger partial charge in [0.1, 0.15) is 11.5 Å². The van der Waals surface area contributed by atoms with Crippen LogP contribution in [-0.4, -0.2) is 12.3 Å². The lowest BCUT2D eigenvalue weighted by atomic mass is 9.82. The highest BCUT2D eigenvalue weighted by Gasteiger charge is 2.23. The lowest BCUT2D eigenvalue weighted by molar-refractivity contribution is 0.540. The maximum atomic E-state index is 6.47. The van der Waals surface area contributed by atoms with Crippen LogP contribution >= 0.6 is 17.6 Å². The van der Waals surface area contributed by atoms with Gasteiger partial charge in [0.2, 0.25) is 0 Å². The third kappa shape index (κ3) is 7.87. The van der Waals surface area contributed by atoms with E-state index in [4.69, 9.17) is 9.05 Å². The summed E-state index contributed by atoms with van der Waals surface area (Å²) in [5.74, 6) is 2.03. The standard InChI is InChI=1S/C38H52O2P2/c1-35(2,3)29-15-13-25-23-33(31(37(7,8)9)21-27(25)19-29)39-41-17-18-42-40-34-24-26-14-16-30(36(4,5)6)20-28(26)22-32(34)38(10,11)12/h13-16,19-24,41-42H,17-18H2,1-12H3. The molecule has 4 rings (SSSR count). The Labute approximate surface area is 259 Å². The van der Waals surface area contributed by atoms with Crippen LogP contribution in [0.5, 0.6) is 11.5 Å². The smallest absolute Gasteiger partial charge is 0.127 e. The van der Waals surface area contributed by atoms with Crippen molar-refractivity contribution in [3.63, 3.8) is 0 Å². The first-order chi connectivity index (χ1) is 19.3. The number of hydrogen-bond donors (Lipinski definition) is 0. The molecule has 0 heterocycles. The summed E-state index contributed by atoms with van der Waals surface area (Å²) in [6.45, 7) is 27.3. The average Bonchev–Trinajstić information content (AvgIpc) is 2.86. The first kappa shape index (κ1) is 32.8. The first-order valence-electron chi connectivity index (χ1n) is 15.3. The van der Waals surface area contributed by atoms with E-state index in [9.17, 15) is 0 Å². The average molecular weight is 603 g/mol. The van der Waals surface area contributed by atoms with Crippen LogP contribution in [0, 0.1) is 0 Å². The maximum Gasteiger partial charge on any atom is 0.127 e. The van der Waals surface area contributed by atoms with Gasteiger partial charge in [-0.25, -0.2) is 0 Å². The molecule has 2 nitrogen and oxygen atoms in total. The van der Waals surface area contributed by atoms with E-state index >= 15 is 0 Å². The Kier molecular flexibility index (Phi) is 9.44. The Morgan fingerprint density at radius 2 is 0.786 bits per heavy atom. The molecular formula is C38H52O2P2. The quantitative estimate of drug-likeness (QED) is 0.155. The van der Waals surface area contributed by atoms with E-state index in [1.54, 1.807) is 0 Å². The largest absolute Gasteiger partial charge is 0.477 e. The number of fused-ring (bicyclic) bond motifs is 2. The summed E-state index contributed by atoms with van der Waals surface area (Å²) in [7, 11) is 0.806. The third-order valence-corrected chi connectivity index (χ3v) is 10.1. The molecule has 0 bridgehead atoms. The van der Waals surface area contributed by atoms with Crippen LogP contribution in [0.4, 0.5) is 0 Å². The summed E-state index contributed by atoms with van der Waals surface area (Å²) in [6.07, 6.45) is 1.97. The van der Waals surface area contributed by atoms with Crippen molar-refractivity contribution in [2.24, 2.45) is 0 Å². The minimum Gasteiger partial charge on any atom is -0.477 e. The van der Waals surface area contributed by atoms with Gasteiger partial charge in [0.15, 0.2) is 0 Å². The SMILES string of the molecule is CC(C)(C)c1ccc2cc(OPCCPOc3cc4ccc(C(C)(C)C)cc4cc3C(C)(C)C)c(C(C)(C)C)cc2c1. The molecule has 0 fully saturated rings. The molecule has 0 spiro atoms. The van der Waals surface area contributed by atoms with Crippen molar-refractivity contribution in [3.8, 4) is 11.5 Å². The number of hydrogen-bond acceptors (Lipinski definition) is 2. The predicted molar refractivity (Wildman–Crippen MR) is 190 cm³/mol. The molecule has 0 aliphatic rings. The molecular weight excluding hydrogens is 550 g/mol. The topological polar surface area (TPSA) is 18.5 Å². The Morgan fingerprint density at radius 1 is 0.429 bits per heavy atom. The van der Waals surface area contributed by atoms with Gasteiger partial charge < -0.3 is 9.05 Å². The molecule has 42 heavy (non-hydrogen) atoms. The summed E-state index contributed by atoms with van der Waals surface area (Å²) in [6, 6.07) is 22.8. The van der Waals surface area contributed by atoms with Gasteiger partial charge in [-0.05, 0) is 78.6 Å². The number of benzene rings is 4. The number of rotatable bonds is 7. The summed E-state index contributed by atoms with van der Waals surface area (Å²) in [5.41, 5.74) is 5.54. The molecule has 0 aromatic heterocycles. The van der Waals surface area contributed by atoms with E-state index in [0.29, 0.717) is 17.6 Å². The fourth-order valence-corrected chi connectivity index (χ4v) is 6.86. The van der Waals surface area contributed by atoms with Crippen LogP contribution in [0.1, 0.15) is 105 Å². The zero-order valence-electron chi connectivity index (χ0n) is 28.0. The molecule has 0 aliphatic carbocycles. The Balaban J connectivity index is 1.44. The molecule has 0 aliphatic heterocycles. The summed E-state index contributed by atoms with van der Waals surface area (Å²) < 4.78 is 12.9. The lowest BCUT2D eigenvalue weighted by Crippen LogP contribution is -2.13. The van der Waals surface area contributed by atoms with Gasteiger partial charge in [-0.2, -0.15) is 0 Å². The van der Waals surface area contributed by atoms with Gasteiger partial charge in [-0.15, -0.1) is 0 Å². The van der Waals surface area contributed by atoms with Crippen molar-refractivity contribution in [2.45, 2.75) is 105 Å². The first-order valence-corrected chi connectivity index (χ1v) is 17.5. The van der Waals surface area contributed by atoms with Crippen LogP contribution in [0.25, 0.3) is 21.5 Å². The van der Waals surface area contributed by atoms with Gasteiger partial charge in [0.25, 0.3) is 0 Å². The van der Waals surface area contributed by atoms with Crippen LogP contribution in [0.2, 0.25) is 0 Å². The van der Waals surface area contributed by atoms with E-state index in [1.807, 2.05) is 0 Å². The van der Waals surface area contributed by atoms with Crippen LogP contribution in [0.3, 0.4) is 0 Å². The Morgan fingerprint density at radius 3 is 1.10 bits per heavy atom. The highest BCUT2D eigenvalue weighted by molar-refractivity contribution is 7.37. The summed E-state index contributed by atoms with van der Waals surface area (Å²) >= 11 is 0. The van der Waals surface area contributed by atoms with E-state index < -0.39 is 0 Å². The molecule has 4 aromatic carbocycles. The fourth-order valence-electron chi connectivity index (χ4n) is 5.19. The van der Waals surface area contributed by atoms with E-state index in [1.165, 1.54) is 43.8 Å². The lowest BCUT2D eigenvalue weighted by Gasteiger charge is -2.25. The van der Waals surface area contributed by atoms with Crippen molar-refractivity contribution in [1.29, 1.82) is 0 Å². The zero-order chi connectivity index (χ0) is 31.1. The van der Waals surface area contributed by atoms with Crippen LogP contribution < -0.4 is 9.05 Å². The minimum absolute atomic E-state index is 0.00366. The second-order valence-corrected chi connectivity index (χ2v) is 17.8. The second kappa shape index (κ2) is 12.1. The summed E-state index contributed by atoms with van der Waals surface area (Å²) in [5, 5.41) is 5.05. The van der Waals surface area contributed by atoms with E-state index in [2.05, 4.69) is 144 Å². The predicted octanol–water partition coefficient (Wildman–Crippen LogP) is 11.8. The van der Waals surface area contributed by atoms with Gasteiger partial charge >= 0.3 is 0 Å². The molecule has 0 saturated carbocycles.